The number of alkyl halides is 4. The second-order valence-corrected chi connectivity index (χ2v) is 5.30. The lowest BCUT2D eigenvalue weighted by molar-refractivity contribution is -0.137. The number of hydrogen-bond acceptors (Lipinski definition) is 2. The van der Waals surface area contributed by atoms with E-state index in [1.165, 1.54) is 6.20 Å². The van der Waals surface area contributed by atoms with Crippen LogP contribution in [0.5, 0.6) is 0 Å². The molecule has 0 aliphatic rings. The predicted molar refractivity (Wildman–Crippen MR) is 69.9 cm³/mol. The van der Waals surface area contributed by atoms with Gasteiger partial charge in [-0.05, 0) is 34.3 Å². The maximum Gasteiger partial charge on any atom is 0.419 e. The smallest absolute Gasteiger partial charge is 0.369 e. The third-order valence-electron chi connectivity index (χ3n) is 2.38. The Morgan fingerprint density at radius 2 is 2.17 bits per heavy atom. The Morgan fingerprint density at radius 1 is 1.50 bits per heavy atom. The highest BCUT2D eigenvalue weighted by Gasteiger charge is 2.34. The van der Waals surface area contributed by atoms with Crippen LogP contribution in [-0.4, -0.2) is 17.4 Å². The van der Waals surface area contributed by atoms with Gasteiger partial charge in [0, 0.05) is 23.1 Å². The van der Waals surface area contributed by atoms with Gasteiger partial charge in [-0.25, -0.2) is 4.98 Å². The lowest BCUT2D eigenvalue weighted by Crippen LogP contribution is -2.17. The van der Waals surface area contributed by atoms with E-state index in [0.717, 1.165) is 12.5 Å². The van der Waals surface area contributed by atoms with Crippen molar-refractivity contribution in [1.82, 2.24) is 4.98 Å². The summed E-state index contributed by atoms with van der Waals surface area (Å²) in [6.07, 6.45) is -2.34. The Labute approximate surface area is 117 Å². The molecule has 1 atom stereocenters. The van der Waals surface area contributed by atoms with E-state index in [0.29, 0.717) is 16.9 Å². The van der Waals surface area contributed by atoms with Gasteiger partial charge in [0.2, 0.25) is 0 Å². The first kappa shape index (κ1) is 15.6. The van der Waals surface area contributed by atoms with E-state index >= 15 is 0 Å². The van der Waals surface area contributed by atoms with Crippen LogP contribution in [0.2, 0.25) is 0 Å². The Balaban J connectivity index is 2.82. The first-order valence-electron chi connectivity index (χ1n) is 5.37. The molecule has 1 N–H and O–H groups in total. The average Bonchev–Trinajstić information content (AvgIpc) is 2.26. The number of pyridine rings is 1. The van der Waals surface area contributed by atoms with Gasteiger partial charge < -0.3 is 5.32 Å². The molecular formula is C11H13BrClF3N2. The van der Waals surface area contributed by atoms with Crippen LogP contribution < -0.4 is 5.32 Å². The van der Waals surface area contributed by atoms with Crippen LogP contribution in [0.15, 0.2) is 16.7 Å². The highest BCUT2D eigenvalue weighted by atomic mass is 79.9. The maximum absolute atomic E-state index is 12.8. The molecule has 0 aliphatic carbocycles. The zero-order valence-corrected chi connectivity index (χ0v) is 12.0. The fourth-order valence-corrected chi connectivity index (χ4v) is 2.06. The fraction of sp³-hybridized carbons (Fsp3) is 0.545. The van der Waals surface area contributed by atoms with Crippen LogP contribution in [0.4, 0.5) is 19.0 Å². The van der Waals surface area contributed by atoms with Crippen molar-refractivity contribution in [1.29, 1.82) is 0 Å². The molecule has 0 bridgehead atoms. The average molecular weight is 346 g/mol. The van der Waals surface area contributed by atoms with Crippen molar-refractivity contribution in [3.8, 4) is 0 Å². The topological polar surface area (TPSA) is 24.9 Å². The summed E-state index contributed by atoms with van der Waals surface area (Å²) >= 11 is 8.56. The summed E-state index contributed by atoms with van der Waals surface area (Å²) in [5, 5.41) is 2.72. The largest absolute Gasteiger partial charge is 0.419 e. The van der Waals surface area contributed by atoms with E-state index in [2.05, 4.69) is 26.2 Å². The lowest BCUT2D eigenvalue weighted by Gasteiger charge is -2.16. The van der Waals surface area contributed by atoms with Crippen LogP contribution in [-0.2, 0) is 6.18 Å². The molecule has 102 valence electrons. The van der Waals surface area contributed by atoms with Gasteiger partial charge in [-0.1, -0.05) is 6.92 Å². The minimum atomic E-state index is -4.42. The Bertz CT molecular complexity index is 398. The van der Waals surface area contributed by atoms with Crippen molar-refractivity contribution in [2.75, 3.05) is 17.7 Å². The van der Waals surface area contributed by atoms with Gasteiger partial charge in [0.1, 0.15) is 5.82 Å². The number of anilines is 1. The highest BCUT2D eigenvalue weighted by molar-refractivity contribution is 9.10. The van der Waals surface area contributed by atoms with Crippen molar-refractivity contribution in [3.63, 3.8) is 0 Å². The van der Waals surface area contributed by atoms with Crippen molar-refractivity contribution < 1.29 is 13.2 Å². The van der Waals surface area contributed by atoms with Gasteiger partial charge in [-0.2, -0.15) is 13.2 Å². The molecule has 0 saturated heterocycles. The maximum atomic E-state index is 12.8. The standard InChI is InChI=1S/C11H13BrClF3N2/c1-7(2-3-13)5-17-10-9(11(14,15)16)4-8(12)6-18-10/h4,6-7H,2-3,5H2,1H3,(H,17,18). The number of hydrogen-bond donors (Lipinski definition) is 1. The normalized spacial score (nSPS) is 13.4. The molecule has 1 aromatic rings. The summed E-state index contributed by atoms with van der Waals surface area (Å²) in [6, 6.07) is 1.02. The number of rotatable bonds is 5. The lowest BCUT2D eigenvalue weighted by atomic mass is 10.1. The zero-order chi connectivity index (χ0) is 13.8. The molecule has 1 aromatic heterocycles. The number of halogens is 5. The summed E-state index contributed by atoms with van der Waals surface area (Å²) in [6.45, 7) is 2.33. The van der Waals surface area contributed by atoms with Gasteiger partial charge in [0.15, 0.2) is 0 Å². The minimum absolute atomic E-state index is 0.146. The molecule has 0 fully saturated rings. The second-order valence-electron chi connectivity index (χ2n) is 4.01. The Morgan fingerprint density at radius 3 is 2.72 bits per heavy atom. The molecule has 0 aliphatic heterocycles. The Kier molecular flexibility index (Phi) is 5.72. The monoisotopic (exact) mass is 344 g/mol. The van der Waals surface area contributed by atoms with Crippen molar-refractivity contribution in [3.05, 3.63) is 22.3 Å². The first-order chi connectivity index (χ1) is 8.34. The number of aromatic nitrogens is 1. The van der Waals surface area contributed by atoms with E-state index in [1.807, 2.05) is 6.92 Å². The molecular weight excluding hydrogens is 332 g/mol. The van der Waals surface area contributed by atoms with Gasteiger partial charge in [-0.15, -0.1) is 11.6 Å². The molecule has 0 amide bonds. The van der Waals surface area contributed by atoms with Gasteiger partial charge in [-0.3, -0.25) is 0 Å². The molecule has 7 heteroatoms. The van der Waals surface area contributed by atoms with Crippen molar-refractivity contribution in [2.45, 2.75) is 19.5 Å². The summed E-state index contributed by atoms with van der Waals surface area (Å²) < 4.78 is 38.6. The van der Waals surface area contributed by atoms with Crippen LogP contribution in [0.1, 0.15) is 18.9 Å². The minimum Gasteiger partial charge on any atom is -0.369 e. The van der Waals surface area contributed by atoms with Gasteiger partial charge >= 0.3 is 6.18 Å². The third-order valence-corrected chi connectivity index (χ3v) is 3.03. The number of nitrogens with one attached hydrogen (secondary N) is 1. The molecule has 1 heterocycles. The van der Waals surface area contributed by atoms with E-state index in [-0.39, 0.29) is 11.7 Å². The van der Waals surface area contributed by atoms with Crippen LogP contribution in [0.3, 0.4) is 0 Å². The SMILES string of the molecule is CC(CCCl)CNc1ncc(Br)cc1C(F)(F)F. The molecule has 1 unspecified atom stereocenters. The Hall–Kier alpha value is -0.490. The molecule has 0 radical (unpaired) electrons. The second kappa shape index (κ2) is 6.61. The number of nitrogens with zero attached hydrogens (tertiary/aromatic N) is 1. The van der Waals surface area contributed by atoms with E-state index in [1.54, 1.807) is 0 Å². The third kappa shape index (κ3) is 4.65. The van der Waals surface area contributed by atoms with Crippen molar-refractivity contribution >= 4 is 33.3 Å². The van der Waals surface area contributed by atoms with Gasteiger partial charge in [0.05, 0.1) is 5.56 Å². The summed E-state index contributed by atoms with van der Waals surface area (Å²) in [7, 11) is 0. The summed E-state index contributed by atoms with van der Waals surface area (Å²) in [4.78, 5) is 3.77. The van der Waals surface area contributed by atoms with E-state index < -0.39 is 11.7 Å². The molecule has 0 saturated carbocycles. The highest BCUT2D eigenvalue weighted by Crippen LogP contribution is 2.35. The van der Waals surface area contributed by atoms with Gasteiger partial charge in [0.25, 0.3) is 0 Å². The molecule has 1 rings (SSSR count). The zero-order valence-electron chi connectivity index (χ0n) is 9.69. The predicted octanol–water partition coefficient (Wildman–Crippen LogP) is 4.54. The van der Waals surface area contributed by atoms with Crippen LogP contribution in [0, 0.1) is 5.92 Å². The van der Waals surface area contributed by atoms with Crippen LogP contribution >= 0.6 is 27.5 Å². The summed E-state index contributed by atoms with van der Waals surface area (Å²) in [5.74, 6) is 0.532. The first-order valence-corrected chi connectivity index (χ1v) is 6.70. The summed E-state index contributed by atoms with van der Waals surface area (Å²) in [5.41, 5.74) is -0.769. The van der Waals surface area contributed by atoms with E-state index in [9.17, 15) is 13.2 Å². The fourth-order valence-electron chi connectivity index (χ4n) is 1.36. The van der Waals surface area contributed by atoms with E-state index in [4.69, 9.17) is 11.6 Å². The molecule has 0 spiro atoms. The van der Waals surface area contributed by atoms with Crippen LogP contribution in [0.25, 0.3) is 0 Å². The van der Waals surface area contributed by atoms with Crippen molar-refractivity contribution in [2.24, 2.45) is 5.92 Å². The molecule has 2 nitrogen and oxygen atoms in total. The quantitative estimate of drug-likeness (QED) is 0.793. The molecule has 0 aromatic carbocycles. The molecule has 18 heavy (non-hydrogen) atoms.